The van der Waals surface area contributed by atoms with Gasteiger partial charge in [-0.3, -0.25) is 14.5 Å². The van der Waals surface area contributed by atoms with E-state index in [0.29, 0.717) is 17.0 Å². The number of fused-ring (bicyclic) bond motifs is 1. The summed E-state index contributed by atoms with van der Waals surface area (Å²) in [7, 11) is 0. The number of amides is 1. The minimum absolute atomic E-state index is 0.208. The third-order valence-corrected chi connectivity index (χ3v) is 3.48. The molecule has 0 bridgehead atoms. The molecular weight excluding hydrogens is 312 g/mol. The van der Waals surface area contributed by atoms with Crippen molar-refractivity contribution in [3.63, 3.8) is 0 Å². The third-order valence-electron chi connectivity index (χ3n) is 3.02. The van der Waals surface area contributed by atoms with E-state index in [1.165, 1.54) is 11.1 Å². The third kappa shape index (κ3) is 1.88. The van der Waals surface area contributed by atoms with Crippen molar-refractivity contribution in [1.82, 2.24) is 5.16 Å². The van der Waals surface area contributed by atoms with Crippen LogP contribution in [0.1, 0.15) is 21.7 Å². The number of benzene rings is 1. The summed E-state index contributed by atoms with van der Waals surface area (Å²) in [5, 5.41) is 3.60. The normalized spacial score (nSPS) is 14.1. The molecule has 5 nitrogen and oxygen atoms in total. The molecule has 0 aliphatic carbocycles. The standard InChI is InChI=1S/C13H9BrN2O3/c1-7-4-8(14)5-10-11(7)16(13(18)12(10)17)6-9-2-3-15-19-9/h2-5H,6H2,1H3. The van der Waals surface area contributed by atoms with Gasteiger partial charge in [-0.25, -0.2) is 0 Å². The number of rotatable bonds is 2. The molecule has 1 aromatic carbocycles. The lowest BCUT2D eigenvalue weighted by Gasteiger charge is -2.16. The highest BCUT2D eigenvalue weighted by Gasteiger charge is 2.37. The maximum atomic E-state index is 12.1. The van der Waals surface area contributed by atoms with Crippen molar-refractivity contribution in [2.75, 3.05) is 4.90 Å². The van der Waals surface area contributed by atoms with Crippen molar-refractivity contribution < 1.29 is 14.1 Å². The molecule has 1 aromatic heterocycles. The van der Waals surface area contributed by atoms with Gasteiger partial charge in [0.2, 0.25) is 0 Å². The molecule has 19 heavy (non-hydrogen) atoms. The van der Waals surface area contributed by atoms with E-state index in [0.717, 1.165) is 10.0 Å². The Morgan fingerprint density at radius 1 is 1.37 bits per heavy atom. The van der Waals surface area contributed by atoms with E-state index in [-0.39, 0.29) is 6.54 Å². The molecule has 0 atom stereocenters. The Morgan fingerprint density at radius 2 is 2.16 bits per heavy atom. The Labute approximate surface area is 117 Å². The Balaban J connectivity index is 2.09. The minimum Gasteiger partial charge on any atom is -0.359 e. The fraction of sp³-hybridized carbons (Fsp3) is 0.154. The second kappa shape index (κ2) is 4.31. The first kappa shape index (κ1) is 12.1. The Morgan fingerprint density at radius 3 is 2.84 bits per heavy atom. The summed E-state index contributed by atoms with van der Waals surface area (Å²) in [4.78, 5) is 25.5. The van der Waals surface area contributed by atoms with Gasteiger partial charge in [-0.2, -0.15) is 0 Å². The number of aromatic nitrogens is 1. The lowest BCUT2D eigenvalue weighted by Crippen LogP contribution is -2.29. The van der Waals surface area contributed by atoms with Crippen molar-refractivity contribution in [3.05, 3.63) is 45.8 Å². The lowest BCUT2D eigenvalue weighted by atomic mass is 10.1. The number of ketones is 1. The molecule has 0 saturated carbocycles. The highest BCUT2D eigenvalue weighted by Crippen LogP contribution is 2.35. The van der Waals surface area contributed by atoms with Crippen LogP contribution < -0.4 is 4.90 Å². The number of Topliss-reactive ketones (excluding diaryl/α,β-unsaturated/α-hetero) is 1. The first-order valence-corrected chi connectivity index (χ1v) is 6.43. The van der Waals surface area contributed by atoms with Gasteiger partial charge >= 0.3 is 0 Å². The van der Waals surface area contributed by atoms with Crippen LogP contribution >= 0.6 is 15.9 Å². The van der Waals surface area contributed by atoms with Crippen LogP contribution in [0.3, 0.4) is 0 Å². The van der Waals surface area contributed by atoms with E-state index in [1.807, 2.05) is 13.0 Å². The number of aryl methyl sites for hydroxylation is 1. The molecule has 1 aliphatic rings. The fourth-order valence-corrected chi connectivity index (χ4v) is 2.81. The van der Waals surface area contributed by atoms with Crippen LogP contribution in [0.2, 0.25) is 0 Å². The zero-order chi connectivity index (χ0) is 13.6. The monoisotopic (exact) mass is 320 g/mol. The molecule has 0 spiro atoms. The van der Waals surface area contributed by atoms with Crippen molar-refractivity contribution in [2.24, 2.45) is 0 Å². The van der Waals surface area contributed by atoms with E-state index in [4.69, 9.17) is 4.52 Å². The minimum atomic E-state index is -0.535. The molecule has 0 unspecified atom stereocenters. The smallest absolute Gasteiger partial charge is 0.299 e. The van der Waals surface area contributed by atoms with Gasteiger partial charge in [-0.05, 0) is 24.6 Å². The molecule has 1 aliphatic heterocycles. The van der Waals surface area contributed by atoms with Crippen LogP contribution in [0.5, 0.6) is 0 Å². The molecular formula is C13H9BrN2O3. The second-order valence-corrected chi connectivity index (χ2v) is 5.23. The predicted molar refractivity (Wildman–Crippen MR) is 70.9 cm³/mol. The zero-order valence-electron chi connectivity index (χ0n) is 10.0. The Hall–Kier alpha value is -1.95. The first-order chi connectivity index (χ1) is 9.08. The van der Waals surface area contributed by atoms with E-state index in [1.54, 1.807) is 12.1 Å². The van der Waals surface area contributed by atoms with Crippen molar-refractivity contribution >= 4 is 33.3 Å². The van der Waals surface area contributed by atoms with Crippen molar-refractivity contribution in [1.29, 1.82) is 0 Å². The molecule has 0 N–H and O–H groups in total. The average Bonchev–Trinajstić information content (AvgIpc) is 2.93. The summed E-state index contributed by atoms with van der Waals surface area (Å²) in [6, 6.07) is 5.21. The van der Waals surface area contributed by atoms with E-state index in [9.17, 15) is 9.59 Å². The number of halogens is 1. The molecule has 2 heterocycles. The predicted octanol–water partition coefficient (Wildman–Crippen LogP) is 2.48. The van der Waals surface area contributed by atoms with Gasteiger partial charge in [-0.1, -0.05) is 21.1 Å². The van der Waals surface area contributed by atoms with Crippen LogP contribution in [0.4, 0.5) is 5.69 Å². The Kier molecular flexibility index (Phi) is 2.74. The maximum absolute atomic E-state index is 12.1. The molecule has 0 fully saturated rings. The largest absolute Gasteiger partial charge is 0.359 e. The number of hydrogen-bond donors (Lipinski definition) is 0. The molecule has 1 amide bonds. The lowest BCUT2D eigenvalue weighted by molar-refractivity contribution is -0.114. The van der Waals surface area contributed by atoms with Gasteiger partial charge in [-0.15, -0.1) is 0 Å². The highest BCUT2D eigenvalue weighted by atomic mass is 79.9. The van der Waals surface area contributed by atoms with Crippen LogP contribution in [-0.2, 0) is 11.3 Å². The summed E-state index contributed by atoms with van der Waals surface area (Å²) in [6.07, 6.45) is 1.51. The number of hydrogen-bond acceptors (Lipinski definition) is 4. The molecule has 6 heteroatoms. The van der Waals surface area contributed by atoms with Gasteiger partial charge < -0.3 is 4.52 Å². The van der Waals surface area contributed by atoms with Crippen molar-refractivity contribution in [3.8, 4) is 0 Å². The van der Waals surface area contributed by atoms with Gasteiger partial charge in [0.05, 0.1) is 24.0 Å². The first-order valence-electron chi connectivity index (χ1n) is 5.64. The van der Waals surface area contributed by atoms with E-state index >= 15 is 0 Å². The number of anilines is 1. The molecule has 96 valence electrons. The zero-order valence-corrected chi connectivity index (χ0v) is 11.6. The summed E-state index contributed by atoms with van der Waals surface area (Å²) in [5.41, 5.74) is 1.94. The van der Waals surface area contributed by atoms with E-state index in [2.05, 4.69) is 21.1 Å². The topological polar surface area (TPSA) is 63.4 Å². The van der Waals surface area contributed by atoms with Crippen LogP contribution in [0.15, 0.2) is 33.4 Å². The van der Waals surface area contributed by atoms with Crippen LogP contribution in [0.25, 0.3) is 0 Å². The van der Waals surface area contributed by atoms with Gasteiger partial charge in [0, 0.05) is 10.5 Å². The summed E-state index contributed by atoms with van der Waals surface area (Å²) < 4.78 is 5.78. The Bertz CT molecular complexity index is 679. The molecule has 0 saturated heterocycles. The van der Waals surface area contributed by atoms with Crippen molar-refractivity contribution in [2.45, 2.75) is 13.5 Å². The number of nitrogens with zero attached hydrogens (tertiary/aromatic N) is 2. The second-order valence-electron chi connectivity index (χ2n) is 4.32. The fourth-order valence-electron chi connectivity index (χ4n) is 2.24. The summed E-state index contributed by atoms with van der Waals surface area (Å²) >= 11 is 3.33. The van der Waals surface area contributed by atoms with Crippen LogP contribution in [-0.4, -0.2) is 16.8 Å². The van der Waals surface area contributed by atoms with Gasteiger partial charge in [0.15, 0.2) is 5.76 Å². The van der Waals surface area contributed by atoms with Crippen LogP contribution in [0, 0.1) is 6.92 Å². The highest BCUT2D eigenvalue weighted by molar-refractivity contribution is 9.10. The SMILES string of the molecule is Cc1cc(Br)cc2c1N(Cc1ccno1)C(=O)C2=O. The average molecular weight is 321 g/mol. The molecule has 2 aromatic rings. The van der Waals surface area contributed by atoms with Gasteiger partial charge in [0.1, 0.15) is 0 Å². The molecule has 3 rings (SSSR count). The number of carbonyl (C=O) groups is 2. The molecule has 0 radical (unpaired) electrons. The quantitative estimate of drug-likeness (QED) is 0.797. The summed E-state index contributed by atoms with van der Waals surface area (Å²) in [5.74, 6) is -0.483. The number of carbonyl (C=O) groups excluding carboxylic acids is 2. The van der Waals surface area contributed by atoms with Gasteiger partial charge in [0.25, 0.3) is 11.7 Å². The van der Waals surface area contributed by atoms with E-state index < -0.39 is 11.7 Å². The maximum Gasteiger partial charge on any atom is 0.299 e. The summed E-state index contributed by atoms with van der Waals surface area (Å²) in [6.45, 7) is 2.07.